The molecular weight excluding hydrogens is 422 g/mol. The lowest BCUT2D eigenvalue weighted by Crippen LogP contribution is -2.34. The molecule has 0 radical (unpaired) electrons. The number of fused-ring (bicyclic) bond motifs is 1. The molecule has 0 saturated carbocycles. The minimum atomic E-state index is -0.501. The highest BCUT2D eigenvalue weighted by molar-refractivity contribution is 9.10. The van der Waals surface area contributed by atoms with Gasteiger partial charge < -0.3 is 9.88 Å². The standard InChI is InChI=1S/C18H15BrClN3O3/c1-3-23-17(25)12-6-4-10(8-14(12)21-18(23)26)16(24)22(2)15-7-5-11(19)9-13(15)20/h4-9H,3H2,1-2H3,(H,21,26). The van der Waals surface area contributed by atoms with Gasteiger partial charge in [-0.2, -0.15) is 0 Å². The quantitative estimate of drug-likeness (QED) is 0.684. The largest absolute Gasteiger partial charge is 0.328 e. The molecular formula is C18H15BrClN3O3. The summed E-state index contributed by atoms with van der Waals surface area (Å²) in [6, 6.07) is 9.83. The van der Waals surface area contributed by atoms with E-state index in [4.69, 9.17) is 11.6 Å². The molecule has 1 heterocycles. The first-order valence-corrected chi connectivity index (χ1v) is 9.00. The Morgan fingerprint density at radius 2 is 1.96 bits per heavy atom. The minimum Gasteiger partial charge on any atom is -0.310 e. The van der Waals surface area contributed by atoms with Crippen LogP contribution >= 0.6 is 27.5 Å². The second kappa shape index (κ2) is 7.09. The monoisotopic (exact) mass is 435 g/mol. The molecule has 0 spiro atoms. The molecule has 8 heteroatoms. The zero-order valence-corrected chi connectivity index (χ0v) is 16.4. The number of carbonyl (C=O) groups excluding carboxylic acids is 1. The van der Waals surface area contributed by atoms with Crippen LogP contribution in [0.15, 0.2) is 50.5 Å². The summed E-state index contributed by atoms with van der Waals surface area (Å²) in [5.41, 5.74) is 0.331. The highest BCUT2D eigenvalue weighted by Gasteiger charge is 2.17. The van der Waals surface area contributed by atoms with Gasteiger partial charge in [-0.1, -0.05) is 27.5 Å². The van der Waals surface area contributed by atoms with Crippen LogP contribution in [0.5, 0.6) is 0 Å². The van der Waals surface area contributed by atoms with Gasteiger partial charge in [0.25, 0.3) is 11.5 Å². The van der Waals surface area contributed by atoms with Gasteiger partial charge >= 0.3 is 5.69 Å². The van der Waals surface area contributed by atoms with Gasteiger partial charge in [0.2, 0.25) is 0 Å². The first-order valence-electron chi connectivity index (χ1n) is 7.83. The van der Waals surface area contributed by atoms with E-state index in [2.05, 4.69) is 20.9 Å². The van der Waals surface area contributed by atoms with Crippen molar-refractivity contribution in [3.63, 3.8) is 0 Å². The summed E-state index contributed by atoms with van der Waals surface area (Å²) in [6.45, 7) is 1.99. The first kappa shape index (κ1) is 18.4. The predicted molar refractivity (Wildman–Crippen MR) is 106 cm³/mol. The van der Waals surface area contributed by atoms with Crippen LogP contribution in [0.1, 0.15) is 17.3 Å². The number of aromatic nitrogens is 2. The van der Waals surface area contributed by atoms with Gasteiger partial charge in [-0.15, -0.1) is 0 Å². The van der Waals surface area contributed by atoms with Crippen LogP contribution in [0.3, 0.4) is 0 Å². The van der Waals surface area contributed by atoms with Crippen molar-refractivity contribution in [2.45, 2.75) is 13.5 Å². The molecule has 134 valence electrons. The number of benzene rings is 2. The van der Waals surface area contributed by atoms with Crippen LogP contribution in [-0.2, 0) is 6.54 Å². The van der Waals surface area contributed by atoms with Crippen molar-refractivity contribution in [1.82, 2.24) is 9.55 Å². The average molecular weight is 437 g/mol. The van der Waals surface area contributed by atoms with Crippen molar-refractivity contribution >= 4 is 50.0 Å². The van der Waals surface area contributed by atoms with E-state index in [1.165, 1.54) is 11.0 Å². The Morgan fingerprint density at radius 3 is 2.62 bits per heavy atom. The fourth-order valence-electron chi connectivity index (χ4n) is 2.73. The molecule has 0 atom stereocenters. The molecule has 2 aromatic carbocycles. The molecule has 3 aromatic rings. The van der Waals surface area contributed by atoms with Crippen molar-refractivity contribution in [3.05, 3.63) is 72.3 Å². The van der Waals surface area contributed by atoms with E-state index in [0.29, 0.717) is 27.2 Å². The van der Waals surface area contributed by atoms with Crippen LogP contribution in [-0.4, -0.2) is 22.5 Å². The molecule has 1 amide bonds. The van der Waals surface area contributed by atoms with Gasteiger partial charge in [0.05, 0.1) is 21.6 Å². The van der Waals surface area contributed by atoms with Gasteiger partial charge in [0, 0.05) is 23.6 Å². The SMILES string of the molecule is CCn1c(=O)[nH]c2cc(C(=O)N(C)c3ccc(Br)cc3Cl)ccc2c1=O. The molecule has 0 bridgehead atoms. The van der Waals surface area contributed by atoms with Gasteiger partial charge in [-0.3, -0.25) is 14.2 Å². The summed E-state index contributed by atoms with van der Waals surface area (Å²) < 4.78 is 1.92. The number of nitrogens with zero attached hydrogens (tertiary/aromatic N) is 2. The van der Waals surface area contributed by atoms with Crippen molar-refractivity contribution in [3.8, 4) is 0 Å². The number of hydrogen-bond acceptors (Lipinski definition) is 3. The average Bonchev–Trinajstić information content (AvgIpc) is 2.60. The number of halogens is 2. The summed E-state index contributed by atoms with van der Waals surface area (Å²) in [6.07, 6.45) is 0. The molecule has 26 heavy (non-hydrogen) atoms. The zero-order valence-electron chi connectivity index (χ0n) is 14.0. The first-order chi connectivity index (χ1) is 12.3. The molecule has 1 N–H and O–H groups in total. The van der Waals surface area contributed by atoms with Crippen molar-refractivity contribution < 1.29 is 4.79 Å². The maximum atomic E-state index is 12.8. The maximum absolute atomic E-state index is 12.8. The Bertz CT molecular complexity index is 1140. The van der Waals surface area contributed by atoms with Gasteiger partial charge in [-0.05, 0) is 43.3 Å². The number of anilines is 1. The maximum Gasteiger partial charge on any atom is 0.328 e. The van der Waals surface area contributed by atoms with Crippen LogP contribution in [0.2, 0.25) is 5.02 Å². The number of aromatic amines is 1. The number of H-pyrrole nitrogens is 1. The summed E-state index contributed by atoms with van der Waals surface area (Å²) in [5, 5.41) is 0.780. The highest BCUT2D eigenvalue weighted by atomic mass is 79.9. The Balaban J connectivity index is 2.06. The zero-order chi connectivity index (χ0) is 19.0. The van der Waals surface area contributed by atoms with Crippen LogP contribution in [0, 0.1) is 0 Å². The van der Waals surface area contributed by atoms with E-state index >= 15 is 0 Å². The lowest BCUT2D eigenvalue weighted by molar-refractivity contribution is 0.0993. The van der Waals surface area contributed by atoms with E-state index in [-0.39, 0.29) is 18.0 Å². The van der Waals surface area contributed by atoms with E-state index in [9.17, 15) is 14.4 Å². The normalized spacial score (nSPS) is 10.9. The van der Waals surface area contributed by atoms with Gasteiger partial charge in [0.15, 0.2) is 0 Å². The third kappa shape index (κ3) is 3.20. The third-order valence-corrected chi connectivity index (χ3v) is 4.92. The van der Waals surface area contributed by atoms with Crippen LogP contribution in [0.4, 0.5) is 5.69 Å². The predicted octanol–water partition coefficient (Wildman–Crippen LogP) is 3.40. The van der Waals surface area contributed by atoms with Gasteiger partial charge in [-0.25, -0.2) is 4.79 Å². The molecule has 3 rings (SSSR count). The minimum absolute atomic E-state index is 0.273. The number of amides is 1. The molecule has 0 fully saturated rings. The lowest BCUT2D eigenvalue weighted by Gasteiger charge is -2.19. The number of nitrogens with one attached hydrogen (secondary N) is 1. The number of carbonyl (C=O) groups is 1. The third-order valence-electron chi connectivity index (χ3n) is 4.12. The fourth-order valence-corrected chi connectivity index (χ4v) is 3.53. The van der Waals surface area contributed by atoms with E-state index in [0.717, 1.165) is 9.04 Å². The smallest absolute Gasteiger partial charge is 0.310 e. The molecule has 0 aliphatic heterocycles. The van der Waals surface area contributed by atoms with Crippen molar-refractivity contribution in [2.75, 3.05) is 11.9 Å². The molecule has 0 unspecified atom stereocenters. The van der Waals surface area contributed by atoms with E-state index in [1.807, 2.05) is 0 Å². The van der Waals surface area contributed by atoms with Gasteiger partial charge in [0.1, 0.15) is 0 Å². The highest BCUT2D eigenvalue weighted by Crippen LogP contribution is 2.29. The summed E-state index contributed by atoms with van der Waals surface area (Å²) in [5.74, 6) is -0.309. The second-order valence-electron chi connectivity index (χ2n) is 5.70. The number of rotatable bonds is 3. The second-order valence-corrected chi connectivity index (χ2v) is 7.02. The van der Waals surface area contributed by atoms with Crippen LogP contribution < -0.4 is 16.1 Å². The molecule has 1 aromatic heterocycles. The molecule has 0 aliphatic carbocycles. The summed E-state index contributed by atoms with van der Waals surface area (Å²) >= 11 is 9.54. The Hall–Kier alpha value is -2.38. The van der Waals surface area contributed by atoms with E-state index in [1.54, 1.807) is 44.3 Å². The number of hydrogen-bond donors (Lipinski definition) is 1. The van der Waals surface area contributed by atoms with Crippen molar-refractivity contribution in [2.24, 2.45) is 0 Å². The molecule has 0 saturated heterocycles. The fraction of sp³-hybridized carbons (Fsp3) is 0.167. The Labute approximate surface area is 162 Å². The van der Waals surface area contributed by atoms with E-state index < -0.39 is 5.69 Å². The molecule has 6 nitrogen and oxygen atoms in total. The summed E-state index contributed by atoms with van der Waals surface area (Å²) in [7, 11) is 1.61. The Kier molecular flexibility index (Phi) is 5.02. The lowest BCUT2D eigenvalue weighted by atomic mass is 10.1. The van der Waals surface area contributed by atoms with Crippen molar-refractivity contribution in [1.29, 1.82) is 0 Å². The van der Waals surface area contributed by atoms with Crippen LogP contribution in [0.25, 0.3) is 10.9 Å². The summed E-state index contributed by atoms with van der Waals surface area (Å²) in [4.78, 5) is 41.2. The molecule has 0 aliphatic rings. The topological polar surface area (TPSA) is 75.2 Å². The Morgan fingerprint density at radius 1 is 1.23 bits per heavy atom.